The highest BCUT2D eigenvalue weighted by atomic mass is 16.6. The standard InChI is InChI=1S/C14H24N2O4/c1-10(15-19)9-12(17)11-7-5-6-8-16(11)13(18)20-14(2,3)4/h11,19H,5-9H2,1-4H3/b15-10+/t11-/m1/s1. The molecule has 0 aliphatic carbocycles. The van der Waals surface area contributed by atoms with E-state index < -0.39 is 17.7 Å². The lowest BCUT2D eigenvalue weighted by Gasteiger charge is -2.35. The summed E-state index contributed by atoms with van der Waals surface area (Å²) >= 11 is 0. The number of carbonyl (C=O) groups is 2. The zero-order chi connectivity index (χ0) is 15.3. The fourth-order valence-corrected chi connectivity index (χ4v) is 2.21. The molecule has 0 saturated carbocycles. The van der Waals surface area contributed by atoms with E-state index in [0.29, 0.717) is 18.7 Å². The first-order chi connectivity index (χ1) is 9.24. The van der Waals surface area contributed by atoms with Gasteiger partial charge in [-0.15, -0.1) is 0 Å². The Balaban J connectivity index is 2.76. The third kappa shape index (κ3) is 4.83. The lowest BCUT2D eigenvalue weighted by atomic mass is 9.96. The maximum absolute atomic E-state index is 12.2. The Morgan fingerprint density at radius 3 is 2.55 bits per heavy atom. The normalized spacial score (nSPS) is 20.7. The molecule has 20 heavy (non-hydrogen) atoms. The van der Waals surface area contributed by atoms with Gasteiger partial charge in [-0.1, -0.05) is 5.16 Å². The number of hydrogen-bond donors (Lipinski definition) is 1. The highest BCUT2D eigenvalue weighted by molar-refractivity contribution is 6.03. The quantitative estimate of drug-likeness (QED) is 0.491. The average Bonchev–Trinajstić information content (AvgIpc) is 2.36. The van der Waals surface area contributed by atoms with Gasteiger partial charge in [-0.2, -0.15) is 0 Å². The van der Waals surface area contributed by atoms with Crippen LogP contribution in [0.15, 0.2) is 5.16 Å². The number of hydrogen-bond acceptors (Lipinski definition) is 5. The predicted molar refractivity (Wildman–Crippen MR) is 75.1 cm³/mol. The minimum absolute atomic E-state index is 0.0560. The molecule has 0 unspecified atom stereocenters. The smallest absolute Gasteiger partial charge is 0.410 e. The molecule has 1 N–H and O–H groups in total. The molecule has 1 amide bonds. The Bertz CT molecular complexity index is 398. The number of rotatable bonds is 3. The molecule has 0 radical (unpaired) electrons. The number of ether oxygens (including phenoxy) is 1. The van der Waals surface area contributed by atoms with Crippen molar-refractivity contribution in [3.05, 3.63) is 0 Å². The largest absolute Gasteiger partial charge is 0.444 e. The number of carbonyl (C=O) groups excluding carboxylic acids is 2. The van der Waals surface area contributed by atoms with Crippen LogP contribution in [0.4, 0.5) is 4.79 Å². The van der Waals surface area contributed by atoms with Crippen LogP contribution in [-0.2, 0) is 9.53 Å². The Morgan fingerprint density at radius 1 is 1.35 bits per heavy atom. The van der Waals surface area contributed by atoms with Crippen molar-refractivity contribution in [3.8, 4) is 0 Å². The van der Waals surface area contributed by atoms with Crippen LogP contribution in [0.1, 0.15) is 53.4 Å². The first-order valence-corrected chi connectivity index (χ1v) is 6.94. The number of oxime groups is 1. The highest BCUT2D eigenvalue weighted by Crippen LogP contribution is 2.22. The molecule has 0 spiro atoms. The summed E-state index contributed by atoms with van der Waals surface area (Å²) in [7, 11) is 0. The molecular weight excluding hydrogens is 260 g/mol. The van der Waals surface area contributed by atoms with Gasteiger partial charge in [0.2, 0.25) is 0 Å². The summed E-state index contributed by atoms with van der Waals surface area (Å²) in [4.78, 5) is 25.9. The van der Waals surface area contributed by atoms with Gasteiger partial charge in [0.1, 0.15) is 5.60 Å². The monoisotopic (exact) mass is 284 g/mol. The lowest BCUT2D eigenvalue weighted by Crippen LogP contribution is -2.50. The van der Waals surface area contributed by atoms with E-state index in [9.17, 15) is 9.59 Å². The topological polar surface area (TPSA) is 79.2 Å². The zero-order valence-corrected chi connectivity index (χ0v) is 12.7. The van der Waals surface area contributed by atoms with Gasteiger partial charge >= 0.3 is 6.09 Å². The SMILES string of the molecule is C/C(CC(=O)[C@H]1CCCCN1C(=O)OC(C)(C)C)=N\O. The number of piperidine rings is 1. The van der Waals surface area contributed by atoms with Crippen molar-refractivity contribution in [1.29, 1.82) is 0 Å². The molecule has 1 aliphatic rings. The van der Waals surface area contributed by atoms with Crippen molar-refractivity contribution in [2.45, 2.75) is 65.0 Å². The maximum atomic E-state index is 12.2. The van der Waals surface area contributed by atoms with Crippen LogP contribution in [0.5, 0.6) is 0 Å². The molecule has 1 saturated heterocycles. The molecule has 1 rings (SSSR count). The molecule has 6 heteroatoms. The van der Waals surface area contributed by atoms with Crippen LogP contribution in [0, 0.1) is 0 Å². The number of ketones is 1. The summed E-state index contributed by atoms with van der Waals surface area (Å²) < 4.78 is 5.34. The predicted octanol–water partition coefficient (Wildman–Crippen LogP) is 2.59. The van der Waals surface area contributed by atoms with Crippen molar-refractivity contribution in [1.82, 2.24) is 4.90 Å². The van der Waals surface area contributed by atoms with Crippen molar-refractivity contribution in [2.24, 2.45) is 5.16 Å². The van der Waals surface area contributed by atoms with Crippen molar-refractivity contribution in [2.75, 3.05) is 6.54 Å². The first-order valence-electron chi connectivity index (χ1n) is 6.94. The minimum atomic E-state index is -0.579. The molecular formula is C14H24N2O4. The van der Waals surface area contributed by atoms with Crippen LogP contribution < -0.4 is 0 Å². The summed E-state index contributed by atoms with van der Waals surface area (Å²) in [6, 6.07) is -0.477. The van der Waals surface area contributed by atoms with Crippen LogP contribution in [0.25, 0.3) is 0 Å². The highest BCUT2D eigenvalue weighted by Gasteiger charge is 2.34. The molecule has 1 fully saturated rings. The Labute approximate surface area is 119 Å². The van der Waals surface area contributed by atoms with E-state index in [-0.39, 0.29) is 12.2 Å². The molecule has 0 aromatic rings. The van der Waals surface area contributed by atoms with Crippen LogP contribution in [0.2, 0.25) is 0 Å². The van der Waals surface area contributed by atoms with Gasteiger partial charge in [-0.25, -0.2) is 4.79 Å². The zero-order valence-electron chi connectivity index (χ0n) is 12.7. The van der Waals surface area contributed by atoms with Gasteiger partial charge in [0, 0.05) is 13.0 Å². The van der Waals surface area contributed by atoms with E-state index in [1.54, 1.807) is 27.7 Å². The fraction of sp³-hybridized carbons (Fsp3) is 0.786. The van der Waals surface area contributed by atoms with Crippen LogP contribution in [0.3, 0.4) is 0 Å². The van der Waals surface area contributed by atoms with Crippen LogP contribution >= 0.6 is 0 Å². The molecule has 1 atom stereocenters. The summed E-state index contributed by atoms with van der Waals surface area (Å²) in [6.07, 6.45) is 2.02. The van der Waals surface area contributed by atoms with E-state index in [0.717, 1.165) is 12.8 Å². The molecule has 0 aromatic carbocycles. The van der Waals surface area contributed by atoms with E-state index in [4.69, 9.17) is 9.94 Å². The number of amides is 1. The molecule has 6 nitrogen and oxygen atoms in total. The lowest BCUT2D eigenvalue weighted by molar-refractivity contribution is -0.124. The van der Waals surface area contributed by atoms with Gasteiger partial charge in [-0.3, -0.25) is 9.69 Å². The number of likely N-dealkylation sites (tertiary alicyclic amines) is 1. The molecule has 1 heterocycles. The minimum Gasteiger partial charge on any atom is -0.444 e. The van der Waals surface area contributed by atoms with Crippen molar-refractivity contribution in [3.63, 3.8) is 0 Å². The summed E-state index contributed by atoms with van der Waals surface area (Å²) in [5.41, 5.74) is -0.227. The average molecular weight is 284 g/mol. The summed E-state index contributed by atoms with van der Waals surface area (Å²) in [5.74, 6) is -0.106. The van der Waals surface area contributed by atoms with Crippen molar-refractivity contribution < 1.29 is 19.5 Å². The van der Waals surface area contributed by atoms with Gasteiger partial charge < -0.3 is 9.94 Å². The second-order valence-corrected chi connectivity index (χ2v) is 6.16. The molecule has 0 bridgehead atoms. The van der Waals surface area contributed by atoms with Crippen molar-refractivity contribution >= 4 is 17.6 Å². The van der Waals surface area contributed by atoms with E-state index in [1.165, 1.54) is 4.90 Å². The van der Waals surface area contributed by atoms with Gasteiger partial charge in [0.05, 0.1) is 11.8 Å². The van der Waals surface area contributed by atoms with Gasteiger partial charge in [0.25, 0.3) is 0 Å². The van der Waals surface area contributed by atoms with E-state index in [1.807, 2.05) is 0 Å². The Morgan fingerprint density at radius 2 is 2.00 bits per heavy atom. The Kier molecular flexibility index (Phi) is 5.53. The summed E-state index contributed by atoms with van der Waals surface area (Å²) in [5, 5.41) is 11.7. The van der Waals surface area contributed by atoms with E-state index >= 15 is 0 Å². The maximum Gasteiger partial charge on any atom is 0.410 e. The summed E-state index contributed by atoms with van der Waals surface area (Å²) in [6.45, 7) is 7.51. The van der Waals surface area contributed by atoms with Crippen LogP contribution in [-0.4, -0.2) is 45.9 Å². The second-order valence-electron chi connectivity index (χ2n) is 6.16. The number of Topliss-reactive ketones (excluding diaryl/α,β-unsaturated/α-hetero) is 1. The third-order valence-corrected chi connectivity index (χ3v) is 3.10. The second kappa shape index (κ2) is 6.72. The molecule has 114 valence electrons. The Hall–Kier alpha value is -1.59. The molecule has 0 aromatic heterocycles. The number of nitrogens with zero attached hydrogens (tertiary/aromatic N) is 2. The first kappa shape index (κ1) is 16.5. The third-order valence-electron chi connectivity index (χ3n) is 3.10. The van der Waals surface area contributed by atoms with E-state index in [2.05, 4.69) is 5.16 Å². The fourth-order valence-electron chi connectivity index (χ4n) is 2.21. The molecule has 1 aliphatic heterocycles. The van der Waals surface area contributed by atoms with Gasteiger partial charge in [0.15, 0.2) is 5.78 Å². The van der Waals surface area contributed by atoms with Gasteiger partial charge in [-0.05, 0) is 47.0 Å².